The van der Waals surface area contributed by atoms with Crippen molar-refractivity contribution in [3.05, 3.63) is 24.3 Å². The number of carbonyl (C=O) groups excluding carboxylic acids is 1. The molecule has 0 fully saturated rings. The van der Waals surface area contributed by atoms with E-state index in [2.05, 4.69) is 13.2 Å². The lowest BCUT2D eigenvalue weighted by Gasteiger charge is -2.24. The highest BCUT2D eigenvalue weighted by molar-refractivity contribution is 7.98. The van der Waals surface area contributed by atoms with Gasteiger partial charge in [-0.2, -0.15) is 11.8 Å². The SMILES string of the molecule is CSCCC(C)N(C)C(=O)CCOc1ccc(N)cc1. The summed E-state index contributed by atoms with van der Waals surface area (Å²) in [4.78, 5) is 13.8. The molecule has 0 aliphatic rings. The first-order valence-electron chi connectivity index (χ1n) is 6.77. The van der Waals surface area contributed by atoms with Crippen molar-refractivity contribution in [2.24, 2.45) is 0 Å². The van der Waals surface area contributed by atoms with E-state index in [4.69, 9.17) is 10.5 Å². The van der Waals surface area contributed by atoms with Crippen molar-refractivity contribution < 1.29 is 9.53 Å². The predicted octanol–water partition coefficient (Wildman–Crippen LogP) is 2.64. The summed E-state index contributed by atoms with van der Waals surface area (Å²) in [5, 5.41) is 0. The van der Waals surface area contributed by atoms with Crippen molar-refractivity contribution in [2.75, 3.05) is 31.4 Å². The topological polar surface area (TPSA) is 55.6 Å². The van der Waals surface area contributed by atoms with Gasteiger partial charge in [0, 0.05) is 18.8 Å². The third kappa shape index (κ3) is 5.74. The van der Waals surface area contributed by atoms with Gasteiger partial charge in [0.15, 0.2) is 0 Å². The fraction of sp³-hybridized carbons (Fsp3) is 0.533. The number of hydrogen-bond donors (Lipinski definition) is 1. The Balaban J connectivity index is 2.30. The molecule has 1 rings (SSSR count). The first-order valence-corrected chi connectivity index (χ1v) is 8.17. The third-order valence-electron chi connectivity index (χ3n) is 3.26. The Morgan fingerprint density at radius 1 is 1.40 bits per heavy atom. The first kappa shape index (κ1) is 16.7. The van der Waals surface area contributed by atoms with Gasteiger partial charge in [0.25, 0.3) is 0 Å². The third-order valence-corrected chi connectivity index (χ3v) is 3.90. The molecular weight excluding hydrogens is 272 g/mol. The number of benzene rings is 1. The highest BCUT2D eigenvalue weighted by Crippen LogP contribution is 2.13. The lowest BCUT2D eigenvalue weighted by Crippen LogP contribution is -2.36. The highest BCUT2D eigenvalue weighted by Gasteiger charge is 2.15. The van der Waals surface area contributed by atoms with Crippen LogP contribution < -0.4 is 10.5 Å². The largest absolute Gasteiger partial charge is 0.493 e. The number of thioether (sulfide) groups is 1. The zero-order valence-corrected chi connectivity index (χ0v) is 13.3. The Bertz CT molecular complexity index is 409. The van der Waals surface area contributed by atoms with E-state index in [9.17, 15) is 4.79 Å². The Labute approximate surface area is 125 Å². The van der Waals surface area contributed by atoms with Gasteiger partial charge in [-0.3, -0.25) is 4.79 Å². The van der Waals surface area contributed by atoms with Gasteiger partial charge < -0.3 is 15.4 Å². The molecule has 112 valence electrons. The van der Waals surface area contributed by atoms with Gasteiger partial charge in [-0.1, -0.05) is 0 Å². The van der Waals surface area contributed by atoms with E-state index >= 15 is 0 Å². The maximum atomic E-state index is 12.0. The standard InChI is InChI=1S/C15H24N2O2S/c1-12(9-11-20-3)17(2)15(18)8-10-19-14-6-4-13(16)5-7-14/h4-7,12H,8-11,16H2,1-3H3. The molecule has 1 unspecified atom stereocenters. The van der Waals surface area contributed by atoms with Crippen molar-refractivity contribution in [3.8, 4) is 5.75 Å². The lowest BCUT2D eigenvalue weighted by atomic mass is 10.2. The molecule has 4 nitrogen and oxygen atoms in total. The second-order valence-electron chi connectivity index (χ2n) is 4.80. The normalized spacial score (nSPS) is 11.9. The number of nitrogens with zero attached hydrogens (tertiary/aromatic N) is 1. The van der Waals surface area contributed by atoms with Gasteiger partial charge >= 0.3 is 0 Å². The number of anilines is 1. The summed E-state index contributed by atoms with van der Waals surface area (Å²) in [5.74, 6) is 1.93. The quantitative estimate of drug-likeness (QED) is 0.749. The van der Waals surface area contributed by atoms with Crippen LogP contribution in [-0.2, 0) is 4.79 Å². The van der Waals surface area contributed by atoms with Crippen molar-refractivity contribution in [1.29, 1.82) is 0 Å². The smallest absolute Gasteiger partial charge is 0.225 e. The molecule has 0 saturated heterocycles. The van der Waals surface area contributed by atoms with E-state index in [1.807, 2.05) is 24.1 Å². The van der Waals surface area contributed by atoms with E-state index in [0.717, 1.165) is 17.9 Å². The molecule has 0 radical (unpaired) electrons. The summed E-state index contributed by atoms with van der Waals surface area (Å²) in [5.41, 5.74) is 6.30. The molecule has 0 bridgehead atoms. The van der Waals surface area contributed by atoms with Crippen molar-refractivity contribution in [3.63, 3.8) is 0 Å². The number of hydrogen-bond acceptors (Lipinski definition) is 4. The summed E-state index contributed by atoms with van der Waals surface area (Å²) in [7, 11) is 1.86. The number of nitrogens with two attached hydrogens (primary N) is 1. The molecule has 0 spiro atoms. The minimum atomic E-state index is 0.119. The molecule has 1 aromatic carbocycles. The molecule has 0 heterocycles. The van der Waals surface area contributed by atoms with Crippen LogP contribution in [0.3, 0.4) is 0 Å². The van der Waals surface area contributed by atoms with Gasteiger partial charge in [0.2, 0.25) is 5.91 Å². The average Bonchev–Trinajstić information content (AvgIpc) is 2.45. The Morgan fingerprint density at radius 3 is 2.65 bits per heavy atom. The van der Waals surface area contributed by atoms with Crippen molar-refractivity contribution >= 4 is 23.4 Å². The van der Waals surface area contributed by atoms with E-state index in [1.165, 1.54) is 0 Å². The molecule has 1 amide bonds. The summed E-state index contributed by atoms with van der Waals surface area (Å²) >= 11 is 1.80. The molecule has 20 heavy (non-hydrogen) atoms. The van der Waals surface area contributed by atoms with Crippen molar-refractivity contribution in [2.45, 2.75) is 25.8 Å². The molecule has 0 aromatic heterocycles. The van der Waals surface area contributed by atoms with E-state index in [1.54, 1.807) is 23.9 Å². The zero-order valence-electron chi connectivity index (χ0n) is 12.5. The fourth-order valence-corrected chi connectivity index (χ4v) is 2.30. The maximum absolute atomic E-state index is 12.0. The summed E-state index contributed by atoms with van der Waals surface area (Å²) < 4.78 is 5.54. The van der Waals surface area contributed by atoms with Gasteiger partial charge in [-0.15, -0.1) is 0 Å². The van der Waals surface area contributed by atoms with Crippen LogP contribution in [0, 0.1) is 0 Å². The molecule has 1 atom stereocenters. The van der Waals surface area contributed by atoms with Crippen LogP contribution in [-0.4, -0.2) is 42.5 Å². The van der Waals surface area contributed by atoms with Crippen LogP contribution in [0.2, 0.25) is 0 Å². The number of nitrogen functional groups attached to an aromatic ring is 1. The number of ether oxygens (including phenoxy) is 1. The molecule has 0 aliphatic carbocycles. The Morgan fingerprint density at radius 2 is 2.05 bits per heavy atom. The van der Waals surface area contributed by atoms with Crippen LogP contribution in [0.25, 0.3) is 0 Å². The highest BCUT2D eigenvalue weighted by atomic mass is 32.2. The minimum absolute atomic E-state index is 0.119. The molecule has 0 aliphatic heterocycles. The second-order valence-corrected chi connectivity index (χ2v) is 5.79. The number of amides is 1. The monoisotopic (exact) mass is 296 g/mol. The molecule has 5 heteroatoms. The summed E-state index contributed by atoms with van der Waals surface area (Å²) in [6.45, 7) is 2.47. The van der Waals surface area contributed by atoms with E-state index in [0.29, 0.717) is 18.7 Å². The van der Waals surface area contributed by atoms with E-state index < -0.39 is 0 Å². The Kier molecular flexibility index (Phi) is 7.30. The van der Waals surface area contributed by atoms with Gasteiger partial charge in [0.1, 0.15) is 5.75 Å². The summed E-state index contributed by atoms with van der Waals surface area (Å²) in [6.07, 6.45) is 3.49. The fourth-order valence-electron chi connectivity index (χ4n) is 1.72. The van der Waals surface area contributed by atoms with Crippen molar-refractivity contribution in [1.82, 2.24) is 4.90 Å². The number of carbonyl (C=O) groups is 1. The Hall–Kier alpha value is -1.36. The van der Waals surface area contributed by atoms with Gasteiger partial charge in [0.05, 0.1) is 13.0 Å². The van der Waals surface area contributed by atoms with Gasteiger partial charge in [-0.25, -0.2) is 0 Å². The van der Waals surface area contributed by atoms with Gasteiger partial charge in [-0.05, 0) is 49.6 Å². The van der Waals surface area contributed by atoms with Crippen LogP contribution in [0.5, 0.6) is 5.75 Å². The second kappa shape index (κ2) is 8.74. The zero-order chi connectivity index (χ0) is 15.0. The molecule has 1 aromatic rings. The van der Waals surface area contributed by atoms with Crippen LogP contribution in [0.4, 0.5) is 5.69 Å². The van der Waals surface area contributed by atoms with Crippen LogP contribution in [0.1, 0.15) is 19.8 Å². The average molecular weight is 296 g/mol. The minimum Gasteiger partial charge on any atom is -0.493 e. The van der Waals surface area contributed by atoms with E-state index in [-0.39, 0.29) is 11.9 Å². The molecule has 0 saturated carbocycles. The molecule has 2 N–H and O–H groups in total. The maximum Gasteiger partial charge on any atom is 0.225 e. The number of rotatable bonds is 8. The summed E-state index contributed by atoms with van der Waals surface area (Å²) in [6, 6.07) is 7.46. The predicted molar refractivity (Wildman–Crippen MR) is 86.2 cm³/mol. The van der Waals surface area contributed by atoms with Crippen LogP contribution in [0.15, 0.2) is 24.3 Å². The first-order chi connectivity index (χ1) is 9.54. The van der Waals surface area contributed by atoms with Crippen LogP contribution >= 0.6 is 11.8 Å². The molecular formula is C15H24N2O2S. The lowest BCUT2D eigenvalue weighted by molar-refractivity contribution is -0.132.